The van der Waals surface area contributed by atoms with Crippen molar-refractivity contribution < 1.29 is 19.4 Å². The van der Waals surface area contributed by atoms with Gasteiger partial charge in [0, 0.05) is 4.88 Å². The highest BCUT2D eigenvalue weighted by Gasteiger charge is 2.35. The van der Waals surface area contributed by atoms with Crippen LogP contribution in [0.1, 0.15) is 30.7 Å². The second kappa shape index (κ2) is 5.49. The van der Waals surface area contributed by atoms with E-state index in [1.165, 1.54) is 0 Å². The Hall–Kier alpha value is -1.40. The summed E-state index contributed by atoms with van der Waals surface area (Å²) in [4.78, 5) is 23.7. The minimum absolute atomic E-state index is 0.0787. The second-order valence-electron chi connectivity index (χ2n) is 4.27. The van der Waals surface area contributed by atoms with Gasteiger partial charge in [0.25, 0.3) is 0 Å². The van der Waals surface area contributed by atoms with Crippen LogP contribution in [-0.4, -0.2) is 29.2 Å². The molecule has 6 heteroatoms. The van der Waals surface area contributed by atoms with E-state index in [0.717, 1.165) is 4.88 Å². The van der Waals surface area contributed by atoms with Crippen molar-refractivity contribution in [1.29, 1.82) is 0 Å². The van der Waals surface area contributed by atoms with Gasteiger partial charge in [-0.2, -0.15) is 0 Å². The van der Waals surface area contributed by atoms with Crippen LogP contribution in [-0.2, 0) is 14.3 Å². The van der Waals surface area contributed by atoms with E-state index in [4.69, 9.17) is 9.84 Å². The molecule has 2 rings (SSSR count). The van der Waals surface area contributed by atoms with E-state index in [2.05, 4.69) is 5.32 Å². The van der Waals surface area contributed by atoms with Gasteiger partial charge in [0.2, 0.25) is 5.91 Å². The SMILES string of the molecule is C[C@H](NC(=O)C1CCC(C(=O)O)O1)c1cccs1. The number of amides is 1. The number of hydrogen-bond acceptors (Lipinski definition) is 4. The van der Waals surface area contributed by atoms with Gasteiger partial charge in [-0.25, -0.2) is 4.79 Å². The minimum atomic E-state index is -1.00. The first kappa shape index (κ1) is 13.0. The minimum Gasteiger partial charge on any atom is -0.479 e. The molecule has 2 unspecified atom stereocenters. The fourth-order valence-corrected chi connectivity index (χ4v) is 2.66. The van der Waals surface area contributed by atoms with Crippen molar-refractivity contribution in [2.24, 2.45) is 0 Å². The highest BCUT2D eigenvalue weighted by molar-refractivity contribution is 7.10. The molecule has 1 aromatic heterocycles. The van der Waals surface area contributed by atoms with Crippen LogP contribution in [0.2, 0.25) is 0 Å². The molecule has 1 aliphatic heterocycles. The number of hydrogen-bond donors (Lipinski definition) is 2. The third-order valence-electron chi connectivity index (χ3n) is 2.92. The maximum Gasteiger partial charge on any atom is 0.332 e. The lowest BCUT2D eigenvalue weighted by atomic mass is 10.2. The molecule has 3 atom stereocenters. The van der Waals surface area contributed by atoms with E-state index in [1.54, 1.807) is 11.3 Å². The van der Waals surface area contributed by atoms with Crippen molar-refractivity contribution in [3.8, 4) is 0 Å². The van der Waals surface area contributed by atoms with Crippen molar-refractivity contribution in [3.63, 3.8) is 0 Å². The van der Waals surface area contributed by atoms with Crippen molar-refractivity contribution >= 4 is 23.2 Å². The van der Waals surface area contributed by atoms with Crippen LogP contribution in [0.3, 0.4) is 0 Å². The van der Waals surface area contributed by atoms with Crippen LogP contribution in [0.4, 0.5) is 0 Å². The fraction of sp³-hybridized carbons (Fsp3) is 0.500. The topological polar surface area (TPSA) is 75.6 Å². The summed E-state index contributed by atoms with van der Waals surface area (Å²) in [6.07, 6.45) is -0.646. The summed E-state index contributed by atoms with van der Waals surface area (Å²) in [5, 5.41) is 13.6. The van der Waals surface area contributed by atoms with Crippen molar-refractivity contribution in [2.75, 3.05) is 0 Å². The molecule has 0 aliphatic carbocycles. The Bertz CT molecular complexity index is 431. The average molecular weight is 269 g/mol. The molecule has 5 nitrogen and oxygen atoms in total. The molecular weight excluding hydrogens is 254 g/mol. The first-order valence-electron chi connectivity index (χ1n) is 5.80. The summed E-state index contributed by atoms with van der Waals surface area (Å²) in [6, 6.07) is 3.80. The molecule has 18 heavy (non-hydrogen) atoms. The van der Waals surface area contributed by atoms with Crippen molar-refractivity contribution in [2.45, 2.75) is 38.0 Å². The third-order valence-corrected chi connectivity index (χ3v) is 3.97. The Kier molecular flexibility index (Phi) is 3.98. The predicted octanol–water partition coefficient (Wildman–Crippen LogP) is 1.56. The molecular formula is C12H15NO4S. The Morgan fingerprint density at radius 2 is 2.22 bits per heavy atom. The molecule has 2 heterocycles. The summed E-state index contributed by atoms with van der Waals surface area (Å²) >= 11 is 1.57. The van der Waals surface area contributed by atoms with E-state index in [-0.39, 0.29) is 11.9 Å². The summed E-state index contributed by atoms with van der Waals surface area (Å²) in [7, 11) is 0. The van der Waals surface area contributed by atoms with Crippen molar-refractivity contribution in [3.05, 3.63) is 22.4 Å². The third kappa shape index (κ3) is 2.88. The van der Waals surface area contributed by atoms with Crippen LogP contribution in [0, 0.1) is 0 Å². The van der Waals surface area contributed by atoms with Crippen LogP contribution in [0.15, 0.2) is 17.5 Å². The molecule has 2 N–H and O–H groups in total. The molecule has 0 spiro atoms. The predicted molar refractivity (Wildman–Crippen MR) is 66.4 cm³/mol. The highest BCUT2D eigenvalue weighted by atomic mass is 32.1. The van der Waals surface area contributed by atoms with Gasteiger partial charge >= 0.3 is 5.97 Å². The van der Waals surface area contributed by atoms with Gasteiger partial charge in [0.1, 0.15) is 6.10 Å². The maximum absolute atomic E-state index is 11.9. The lowest BCUT2D eigenvalue weighted by molar-refractivity contribution is -0.151. The summed E-state index contributed by atoms with van der Waals surface area (Å²) < 4.78 is 5.19. The number of nitrogens with one attached hydrogen (secondary N) is 1. The van der Waals surface area contributed by atoms with Gasteiger partial charge in [-0.05, 0) is 31.2 Å². The van der Waals surface area contributed by atoms with E-state index in [0.29, 0.717) is 12.8 Å². The van der Waals surface area contributed by atoms with E-state index >= 15 is 0 Å². The Labute approximate surface area is 109 Å². The molecule has 0 bridgehead atoms. The Morgan fingerprint density at radius 3 is 2.78 bits per heavy atom. The average Bonchev–Trinajstić information content (AvgIpc) is 3.00. The molecule has 0 radical (unpaired) electrons. The summed E-state index contributed by atoms with van der Waals surface area (Å²) in [5.74, 6) is -1.24. The van der Waals surface area contributed by atoms with Gasteiger partial charge in [0.05, 0.1) is 6.04 Å². The number of carbonyl (C=O) groups is 2. The van der Waals surface area contributed by atoms with Gasteiger partial charge in [-0.3, -0.25) is 4.79 Å². The zero-order valence-corrected chi connectivity index (χ0v) is 10.8. The number of aliphatic carboxylic acids is 1. The number of ether oxygens (including phenoxy) is 1. The van der Waals surface area contributed by atoms with E-state index in [9.17, 15) is 9.59 Å². The zero-order chi connectivity index (χ0) is 13.1. The maximum atomic E-state index is 11.9. The number of carboxylic acids is 1. The highest BCUT2D eigenvalue weighted by Crippen LogP contribution is 2.22. The molecule has 0 aromatic carbocycles. The van der Waals surface area contributed by atoms with Gasteiger partial charge in [-0.15, -0.1) is 11.3 Å². The second-order valence-corrected chi connectivity index (χ2v) is 5.25. The molecule has 1 aromatic rings. The van der Waals surface area contributed by atoms with E-state index in [1.807, 2.05) is 24.4 Å². The Balaban J connectivity index is 1.87. The quantitative estimate of drug-likeness (QED) is 0.869. The molecule has 1 aliphatic rings. The molecule has 98 valence electrons. The summed E-state index contributed by atoms with van der Waals surface area (Å²) in [5.41, 5.74) is 0. The normalized spacial score (nSPS) is 24.7. The van der Waals surface area contributed by atoms with Crippen LogP contribution >= 0.6 is 11.3 Å². The Morgan fingerprint density at radius 1 is 1.50 bits per heavy atom. The van der Waals surface area contributed by atoms with Crippen LogP contribution in [0.5, 0.6) is 0 Å². The molecule has 1 amide bonds. The van der Waals surface area contributed by atoms with Crippen LogP contribution in [0.25, 0.3) is 0 Å². The summed E-state index contributed by atoms with van der Waals surface area (Å²) in [6.45, 7) is 1.90. The molecule has 1 fully saturated rings. The standard InChI is InChI=1S/C12H15NO4S/c1-7(10-3-2-6-18-10)13-11(14)8-4-5-9(17-8)12(15)16/h2-3,6-9H,4-5H2,1H3,(H,13,14)(H,15,16)/t7-,8?,9?/m0/s1. The number of thiophene rings is 1. The van der Waals surface area contributed by atoms with Crippen molar-refractivity contribution in [1.82, 2.24) is 5.32 Å². The number of carboxylic acid groups (broad SMARTS) is 1. The largest absolute Gasteiger partial charge is 0.479 e. The lowest BCUT2D eigenvalue weighted by Gasteiger charge is -2.16. The first-order chi connectivity index (χ1) is 8.58. The monoisotopic (exact) mass is 269 g/mol. The number of rotatable bonds is 4. The smallest absolute Gasteiger partial charge is 0.332 e. The van der Waals surface area contributed by atoms with Gasteiger partial charge in [-0.1, -0.05) is 6.07 Å². The van der Waals surface area contributed by atoms with Crippen LogP contribution < -0.4 is 5.32 Å². The van der Waals surface area contributed by atoms with Gasteiger partial charge < -0.3 is 15.2 Å². The number of carbonyl (C=O) groups excluding carboxylic acids is 1. The van der Waals surface area contributed by atoms with E-state index < -0.39 is 18.2 Å². The molecule has 0 saturated carbocycles. The fourth-order valence-electron chi connectivity index (χ4n) is 1.93. The lowest BCUT2D eigenvalue weighted by Crippen LogP contribution is -2.36. The first-order valence-corrected chi connectivity index (χ1v) is 6.68. The molecule has 1 saturated heterocycles. The zero-order valence-electron chi connectivity index (χ0n) is 9.96. The van der Waals surface area contributed by atoms with Gasteiger partial charge in [0.15, 0.2) is 6.10 Å².